The first-order valence-corrected chi connectivity index (χ1v) is 5.95. The quantitative estimate of drug-likeness (QED) is 0.622. The van der Waals surface area contributed by atoms with E-state index >= 15 is 0 Å². The van der Waals surface area contributed by atoms with Crippen LogP contribution < -0.4 is 4.74 Å². The maximum atomic E-state index is 11.7. The molecule has 1 amide bonds. The highest BCUT2D eigenvalue weighted by Gasteiger charge is 2.13. The molecule has 0 aliphatic rings. The molecule has 0 saturated heterocycles. The van der Waals surface area contributed by atoms with E-state index in [9.17, 15) is 9.59 Å². The fourth-order valence-electron chi connectivity index (χ4n) is 1.47. The Kier molecular flexibility index (Phi) is 4.92. The molecule has 0 atom stereocenters. The van der Waals surface area contributed by atoms with Gasteiger partial charge in [0.25, 0.3) is 0 Å². The average molecular weight is 265 g/mol. The van der Waals surface area contributed by atoms with E-state index in [1.165, 1.54) is 24.4 Å². The largest absolute Gasteiger partial charge is 0.444 e. The highest BCUT2D eigenvalue weighted by molar-refractivity contribution is 5.71. The smallest absolute Gasteiger partial charge is 0.417 e. The van der Waals surface area contributed by atoms with Crippen LogP contribution in [0.3, 0.4) is 0 Å². The summed E-state index contributed by atoms with van der Waals surface area (Å²) in [6, 6.07) is 3.61. The van der Waals surface area contributed by atoms with Gasteiger partial charge in [0.15, 0.2) is 6.73 Å². The number of nitrogens with zero attached hydrogens (tertiary/aromatic N) is 1. The zero-order chi connectivity index (χ0) is 14.6. The third-order valence-electron chi connectivity index (χ3n) is 2.88. The summed E-state index contributed by atoms with van der Waals surface area (Å²) in [5.41, 5.74) is 3.30. The van der Waals surface area contributed by atoms with Crippen LogP contribution >= 0.6 is 0 Å². The summed E-state index contributed by atoms with van der Waals surface area (Å²) >= 11 is 0. The number of hydrogen-bond acceptors (Lipinski definition) is 4. The monoisotopic (exact) mass is 265 g/mol. The van der Waals surface area contributed by atoms with Gasteiger partial charge in [-0.2, -0.15) is 0 Å². The van der Waals surface area contributed by atoms with E-state index in [1.54, 1.807) is 12.1 Å². The lowest BCUT2D eigenvalue weighted by Crippen LogP contribution is -2.32. The standard InChI is InChI=1S/C14H19NO4/c1-9-6-13(7-10(2)11(9)3)19-14(17)15(5)8-18-12(4)16/h6-7H,8H2,1-5H3. The van der Waals surface area contributed by atoms with Gasteiger partial charge in [0.2, 0.25) is 0 Å². The maximum absolute atomic E-state index is 11.7. The molecule has 19 heavy (non-hydrogen) atoms. The molecule has 0 N–H and O–H groups in total. The Morgan fingerprint density at radius 1 is 1.16 bits per heavy atom. The van der Waals surface area contributed by atoms with Crippen LogP contribution in [0.2, 0.25) is 0 Å². The van der Waals surface area contributed by atoms with E-state index in [0.717, 1.165) is 11.1 Å². The van der Waals surface area contributed by atoms with E-state index in [1.807, 2.05) is 20.8 Å². The van der Waals surface area contributed by atoms with Crippen molar-refractivity contribution in [3.8, 4) is 5.75 Å². The van der Waals surface area contributed by atoms with Crippen LogP contribution in [0, 0.1) is 20.8 Å². The van der Waals surface area contributed by atoms with Crippen molar-refractivity contribution in [1.29, 1.82) is 0 Å². The molecule has 0 spiro atoms. The molecule has 5 nitrogen and oxygen atoms in total. The van der Waals surface area contributed by atoms with Gasteiger partial charge in [-0.3, -0.25) is 9.69 Å². The van der Waals surface area contributed by atoms with Crippen LogP contribution in [0.1, 0.15) is 23.6 Å². The third-order valence-corrected chi connectivity index (χ3v) is 2.88. The molecule has 0 heterocycles. The van der Waals surface area contributed by atoms with Crippen molar-refractivity contribution in [2.75, 3.05) is 13.8 Å². The van der Waals surface area contributed by atoms with E-state index in [2.05, 4.69) is 0 Å². The third kappa shape index (κ3) is 4.28. The van der Waals surface area contributed by atoms with Crippen molar-refractivity contribution in [2.45, 2.75) is 27.7 Å². The molecule has 0 aromatic heterocycles. The van der Waals surface area contributed by atoms with Crippen LogP contribution in [0.25, 0.3) is 0 Å². The number of esters is 1. The predicted molar refractivity (Wildman–Crippen MR) is 71.1 cm³/mol. The van der Waals surface area contributed by atoms with Crippen LogP contribution in [0.5, 0.6) is 5.75 Å². The van der Waals surface area contributed by atoms with Gasteiger partial charge in [0, 0.05) is 14.0 Å². The van der Waals surface area contributed by atoms with Crippen LogP contribution in [0.4, 0.5) is 4.79 Å². The molecule has 0 aliphatic carbocycles. The van der Waals surface area contributed by atoms with Crippen molar-refractivity contribution >= 4 is 12.1 Å². The first kappa shape index (κ1) is 15.0. The molecule has 0 bridgehead atoms. The number of hydrogen-bond donors (Lipinski definition) is 0. The summed E-state index contributed by atoms with van der Waals surface area (Å²) in [4.78, 5) is 23.6. The molecular formula is C14H19NO4. The van der Waals surface area contributed by atoms with Crippen molar-refractivity contribution < 1.29 is 19.1 Å². The molecule has 0 radical (unpaired) electrons. The molecule has 0 saturated carbocycles. The van der Waals surface area contributed by atoms with E-state index in [-0.39, 0.29) is 6.73 Å². The van der Waals surface area contributed by atoms with Crippen LogP contribution in [0.15, 0.2) is 12.1 Å². The molecular weight excluding hydrogens is 246 g/mol. The van der Waals surface area contributed by atoms with Crippen LogP contribution in [-0.2, 0) is 9.53 Å². The summed E-state index contributed by atoms with van der Waals surface area (Å²) in [5.74, 6) is 0.0435. The van der Waals surface area contributed by atoms with Gasteiger partial charge < -0.3 is 9.47 Å². The number of rotatable bonds is 3. The highest BCUT2D eigenvalue weighted by atomic mass is 16.6. The second kappa shape index (κ2) is 6.22. The lowest BCUT2D eigenvalue weighted by Gasteiger charge is -2.17. The van der Waals surface area contributed by atoms with E-state index in [0.29, 0.717) is 5.75 Å². The number of ether oxygens (including phenoxy) is 2. The molecule has 0 aliphatic heterocycles. The number of benzene rings is 1. The Morgan fingerprint density at radius 2 is 1.68 bits per heavy atom. The average Bonchev–Trinajstić information content (AvgIpc) is 2.32. The molecule has 1 aromatic rings. The second-order valence-corrected chi connectivity index (χ2v) is 4.51. The Morgan fingerprint density at radius 3 is 2.16 bits per heavy atom. The summed E-state index contributed by atoms with van der Waals surface area (Å²) in [6.07, 6.45) is -0.566. The SMILES string of the molecule is CC(=O)OCN(C)C(=O)Oc1cc(C)c(C)c(C)c1. The summed E-state index contributed by atoms with van der Waals surface area (Å²) in [7, 11) is 1.50. The number of amides is 1. The van der Waals surface area contributed by atoms with Gasteiger partial charge in [-0.15, -0.1) is 0 Å². The lowest BCUT2D eigenvalue weighted by atomic mass is 10.0. The summed E-state index contributed by atoms with van der Waals surface area (Å²) < 4.78 is 9.94. The molecule has 1 aromatic carbocycles. The van der Waals surface area contributed by atoms with E-state index < -0.39 is 12.1 Å². The van der Waals surface area contributed by atoms with Gasteiger partial charge in [-0.25, -0.2) is 4.79 Å². The predicted octanol–water partition coefficient (Wildman–Crippen LogP) is 2.56. The maximum Gasteiger partial charge on any atom is 0.417 e. The first-order chi connectivity index (χ1) is 8.81. The zero-order valence-electron chi connectivity index (χ0n) is 11.9. The highest BCUT2D eigenvalue weighted by Crippen LogP contribution is 2.21. The molecule has 104 valence electrons. The number of aryl methyl sites for hydroxylation is 2. The van der Waals surface area contributed by atoms with Crippen molar-refractivity contribution in [2.24, 2.45) is 0 Å². The fourth-order valence-corrected chi connectivity index (χ4v) is 1.47. The van der Waals surface area contributed by atoms with Crippen molar-refractivity contribution in [3.63, 3.8) is 0 Å². The van der Waals surface area contributed by atoms with Gasteiger partial charge in [0.05, 0.1) is 0 Å². The van der Waals surface area contributed by atoms with E-state index in [4.69, 9.17) is 9.47 Å². The van der Waals surface area contributed by atoms with Gasteiger partial charge >= 0.3 is 12.1 Å². The Balaban J connectivity index is 2.69. The van der Waals surface area contributed by atoms with Gasteiger partial charge in [-0.05, 0) is 49.6 Å². The number of carbonyl (C=O) groups is 2. The Bertz CT molecular complexity index is 473. The van der Waals surface area contributed by atoms with Gasteiger partial charge in [-0.1, -0.05) is 0 Å². The van der Waals surface area contributed by atoms with Crippen molar-refractivity contribution in [3.05, 3.63) is 28.8 Å². The molecule has 0 unspecified atom stereocenters. The lowest BCUT2D eigenvalue weighted by molar-refractivity contribution is -0.144. The van der Waals surface area contributed by atoms with Crippen LogP contribution in [-0.4, -0.2) is 30.7 Å². The molecule has 5 heteroatoms. The second-order valence-electron chi connectivity index (χ2n) is 4.51. The minimum Gasteiger partial charge on any atom is -0.444 e. The Labute approximate surface area is 113 Å². The minimum atomic E-state index is -0.566. The molecule has 1 rings (SSSR count). The number of carbonyl (C=O) groups excluding carboxylic acids is 2. The zero-order valence-corrected chi connectivity index (χ0v) is 11.9. The molecule has 0 fully saturated rings. The normalized spacial score (nSPS) is 9.95. The van der Waals surface area contributed by atoms with Gasteiger partial charge in [0.1, 0.15) is 5.75 Å². The minimum absolute atomic E-state index is 0.127. The summed E-state index contributed by atoms with van der Waals surface area (Å²) in [5, 5.41) is 0. The topological polar surface area (TPSA) is 55.8 Å². The first-order valence-electron chi connectivity index (χ1n) is 5.95. The fraction of sp³-hybridized carbons (Fsp3) is 0.429. The summed E-state index contributed by atoms with van der Waals surface area (Å²) in [6.45, 7) is 7.09. The van der Waals surface area contributed by atoms with Crippen molar-refractivity contribution in [1.82, 2.24) is 4.90 Å². The Hall–Kier alpha value is -2.04.